The third-order valence-electron chi connectivity index (χ3n) is 3.44. The lowest BCUT2D eigenvalue weighted by Gasteiger charge is -2.21. The fraction of sp³-hybridized carbons (Fsp3) is 0.500. The lowest BCUT2D eigenvalue weighted by molar-refractivity contribution is 0.0762. The summed E-state index contributed by atoms with van der Waals surface area (Å²) in [6.45, 7) is 4.63. The number of nitrogens with zero attached hydrogens (tertiary/aromatic N) is 2. The van der Waals surface area contributed by atoms with Crippen LogP contribution in [0.3, 0.4) is 0 Å². The van der Waals surface area contributed by atoms with Crippen molar-refractivity contribution in [2.45, 2.75) is 6.42 Å². The molecule has 0 atom stereocenters. The van der Waals surface area contributed by atoms with Gasteiger partial charge in [0.2, 0.25) is 0 Å². The van der Waals surface area contributed by atoms with Crippen LogP contribution in [0.4, 0.5) is 0 Å². The molecule has 1 saturated heterocycles. The molecule has 1 aliphatic heterocycles. The molecule has 1 aromatic carbocycles. The van der Waals surface area contributed by atoms with Gasteiger partial charge in [-0.2, -0.15) is 0 Å². The normalized spacial score (nSPS) is 17.1. The zero-order valence-corrected chi connectivity index (χ0v) is 15.0. The number of halogens is 3. The van der Waals surface area contributed by atoms with Crippen molar-refractivity contribution in [3.63, 3.8) is 0 Å². The van der Waals surface area contributed by atoms with E-state index in [1.54, 1.807) is 18.2 Å². The third-order valence-corrected chi connectivity index (χ3v) is 5.01. The maximum atomic E-state index is 12.5. The summed E-state index contributed by atoms with van der Waals surface area (Å²) < 4.78 is 0.765. The second kappa shape index (κ2) is 7.78. The molecule has 0 bridgehead atoms. The maximum Gasteiger partial charge on any atom is 0.253 e. The first kappa shape index (κ1) is 16.3. The smallest absolute Gasteiger partial charge is 0.253 e. The maximum absolute atomic E-state index is 12.5. The van der Waals surface area contributed by atoms with Crippen molar-refractivity contribution in [1.82, 2.24) is 9.80 Å². The number of carbonyl (C=O) groups excluding carboxylic acids is 1. The monoisotopic (exact) mass is 422 g/mol. The molecule has 0 aromatic heterocycles. The Hall–Kier alpha value is -0.100. The van der Waals surface area contributed by atoms with Crippen molar-refractivity contribution in [2.24, 2.45) is 0 Å². The van der Waals surface area contributed by atoms with Crippen LogP contribution in [-0.4, -0.2) is 53.8 Å². The summed E-state index contributed by atoms with van der Waals surface area (Å²) in [5, 5.41) is 1.60. The average molecular weight is 425 g/mol. The van der Waals surface area contributed by atoms with Gasteiger partial charge in [-0.3, -0.25) is 4.79 Å². The minimum atomic E-state index is 0.0862. The Morgan fingerprint density at radius 3 is 2.75 bits per heavy atom. The molecule has 1 fully saturated rings. The van der Waals surface area contributed by atoms with Gasteiger partial charge in [0.15, 0.2) is 0 Å². The fourth-order valence-electron chi connectivity index (χ4n) is 2.33. The molecule has 0 spiro atoms. The van der Waals surface area contributed by atoms with E-state index in [4.69, 9.17) is 11.6 Å². The van der Waals surface area contributed by atoms with Crippen LogP contribution in [0.15, 0.2) is 22.7 Å². The Bertz CT molecular complexity index is 484. The Morgan fingerprint density at radius 2 is 2.05 bits per heavy atom. The largest absolute Gasteiger partial charge is 0.337 e. The quantitative estimate of drug-likeness (QED) is 0.692. The SMILES string of the molecule is O=C(c1ccc(Cl)c(Br)c1)N1CCCN(CCBr)CC1. The van der Waals surface area contributed by atoms with Crippen LogP contribution in [0, 0.1) is 0 Å². The van der Waals surface area contributed by atoms with Crippen LogP contribution < -0.4 is 0 Å². The molecule has 1 aromatic rings. The van der Waals surface area contributed by atoms with E-state index in [1.807, 2.05) is 4.90 Å². The highest BCUT2D eigenvalue weighted by Gasteiger charge is 2.20. The highest BCUT2D eigenvalue weighted by Crippen LogP contribution is 2.24. The van der Waals surface area contributed by atoms with E-state index in [0.717, 1.165) is 48.9 Å². The molecule has 0 aliphatic carbocycles. The van der Waals surface area contributed by atoms with Crippen molar-refractivity contribution in [2.75, 3.05) is 38.1 Å². The van der Waals surface area contributed by atoms with Crippen LogP contribution >= 0.6 is 43.5 Å². The first-order valence-corrected chi connectivity index (χ1v) is 8.93. The van der Waals surface area contributed by atoms with E-state index in [0.29, 0.717) is 10.6 Å². The zero-order chi connectivity index (χ0) is 14.5. The molecule has 110 valence electrons. The molecule has 0 N–H and O–H groups in total. The minimum Gasteiger partial charge on any atom is -0.337 e. The number of rotatable bonds is 3. The van der Waals surface area contributed by atoms with Crippen LogP contribution in [-0.2, 0) is 0 Å². The highest BCUT2D eigenvalue weighted by atomic mass is 79.9. The number of hydrogen-bond acceptors (Lipinski definition) is 2. The number of benzene rings is 1. The predicted octanol–water partition coefficient (Wildman–Crippen LogP) is 3.65. The molecule has 20 heavy (non-hydrogen) atoms. The van der Waals surface area contributed by atoms with Crippen LogP contribution in [0.1, 0.15) is 16.8 Å². The zero-order valence-electron chi connectivity index (χ0n) is 11.1. The Kier molecular flexibility index (Phi) is 6.33. The molecule has 3 nitrogen and oxygen atoms in total. The molecular weight excluding hydrogens is 407 g/mol. The van der Waals surface area contributed by atoms with Gasteiger partial charge < -0.3 is 9.80 Å². The number of alkyl halides is 1. The fourth-order valence-corrected chi connectivity index (χ4v) is 3.33. The van der Waals surface area contributed by atoms with Crippen molar-refractivity contribution < 1.29 is 4.79 Å². The van der Waals surface area contributed by atoms with Crippen molar-refractivity contribution in [1.29, 1.82) is 0 Å². The van der Waals surface area contributed by atoms with Crippen LogP contribution in [0.2, 0.25) is 5.02 Å². The molecule has 2 rings (SSSR count). The van der Waals surface area contributed by atoms with E-state index in [1.165, 1.54) is 0 Å². The number of carbonyl (C=O) groups is 1. The Labute approximate surface area is 141 Å². The van der Waals surface area contributed by atoms with E-state index in [9.17, 15) is 4.79 Å². The van der Waals surface area contributed by atoms with E-state index in [2.05, 4.69) is 36.8 Å². The van der Waals surface area contributed by atoms with Gasteiger partial charge in [0.25, 0.3) is 5.91 Å². The van der Waals surface area contributed by atoms with E-state index in [-0.39, 0.29) is 5.91 Å². The van der Waals surface area contributed by atoms with Gasteiger partial charge in [-0.15, -0.1) is 0 Å². The summed E-state index contributed by atoms with van der Waals surface area (Å²) in [7, 11) is 0. The lowest BCUT2D eigenvalue weighted by Crippen LogP contribution is -2.35. The first-order valence-electron chi connectivity index (χ1n) is 6.64. The second-order valence-corrected chi connectivity index (χ2v) is 6.86. The minimum absolute atomic E-state index is 0.0862. The molecule has 0 radical (unpaired) electrons. The molecule has 1 amide bonds. The molecular formula is C14H17Br2ClN2O. The van der Waals surface area contributed by atoms with Crippen molar-refractivity contribution >= 4 is 49.4 Å². The van der Waals surface area contributed by atoms with Crippen LogP contribution in [0.5, 0.6) is 0 Å². The van der Waals surface area contributed by atoms with Gasteiger partial charge in [0.1, 0.15) is 0 Å². The van der Waals surface area contributed by atoms with Gasteiger partial charge >= 0.3 is 0 Å². The average Bonchev–Trinajstić information content (AvgIpc) is 2.67. The van der Waals surface area contributed by atoms with Gasteiger partial charge in [-0.1, -0.05) is 27.5 Å². The van der Waals surface area contributed by atoms with Gasteiger partial charge in [0.05, 0.1) is 5.02 Å². The van der Waals surface area contributed by atoms with Gasteiger partial charge in [-0.25, -0.2) is 0 Å². The Balaban J connectivity index is 2.03. The summed E-state index contributed by atoms with van der Waals surface area (Å²) in [6.07, 6.45) is 1.02. The topological polar surface area (TPSA) is 23.6 Å². The highest BCUT2D eigenvalue weighted by molar-refractivity contribution is 9.10. The van der Waals surface area contributed by atoms with Gasteiger partial charge in [0, 0.05) is 41.5 Å². The molecule has 0 saturated carbocycles. The van der Waals surface area contributed by atoms with E-state index < -0.39 is 0 Å². The molecule has 1 aliphatic rings. The predicted molar refractivity (Wildman–Crippen MR) is 89.9 cm³/mol. The van der Waals surface area contributed by atoms with Crippen molar-refractivity contribution in [3.8, 4) is 0 Å². The molecule has 6 heteroatoms. The summed E-state index contributed by atoms with van der Waals surface area (Å²) in [5.41, 5.74) is 0.690. The van der Waals surface area contributed by atoms with Crippen LogP contribution in [0.25, 0.3) is 0 Å². The first-order chi connectivity index (χ1) is 9.61. The summed E-state index contributed by atoms with van der Waals surface area (Å²) >= 11 is 12.8. The molecule has 0 unspecified atom stereocenters. The lowest BCUT2D eigenvalue weighted by atomic mass is 10.2. The molecule has 1 heterocycles. The second-order valence-electron chi connectivity index (χ2n) is 4.81. The standard InChI is InChI=1S/C14H17Br2ClN2O/c15-4-7-18-5-1-6-19(9-8-18)14(20)11-2-3-13(17)12(16)10-11/h2-3,10H,1,4-9H2. The summed E-state index contributed by atoms with van der Waals surface area (Å²) in [4.78, 5) is 16.8. The third kappa shape index (κ3) is 4.20. The van der Waals surface area contributed by atoms with Crippen molar-refractivity contribution in [3.05, 3.63) is 33.3 Å². The van der Waals surface area contributed by atoms with Gasteiger partial charge in [-0.05, 0) is 47.1 Å². The number of hydrogen-bond donors (Lipinski definition) is 0. The van der Waals surface area contributed by atoms with E-state index >= 15 is 0 Å². The summed E-state index contributed by atoms with van der Waals surface area (Å²) in [5.74, 6) is 0.0862. The number of amides is 1. The summed E-state index contributed by atoms with van der Waals surface area (Å²) in [6, 6.07) is 5.34. The Morgan fingerprint density at radius 1 is 1.25 bits per heavy atom.